The number of hydrogen-bond acceptors (Lipinski definition) is 10. The second-order valence-corrected chi connectivity index (χ2v) is 17.6. The third-order valence-corrected chi connectivity index (χ3v) is 12.3. The summed E-state index contributed by atoms with van der Waals surface area (Å²) in [6.07, 6.45) is 15.4. The minimum Gasteiger partial charge on any atom is -0.450 e. The maximum absolute atomic E-state index is 6.67. The molecule has 0 atom stereocenters. The van der Waals surface area contributed by atoms with Crippen molar-refractivity contribution in [1.82, 2.24) is 39.9 Å². The Bertz CT molecular complexity index is 3940. The van der Waals surface area contributed by atoms with Gasteiger partial charge in [-0.3, -0.25) is 0 Å². The summed E-state index contributed by atoms with van der Waals surface area (Å²) in [6.45, 7) is 0. The smallest absolute Gasteiger partial charge is 0.211 e. The van der Waals surface area contributed by atoms with E-state index in [1.165, 1.54) is 0 Å². The molecule has 4 aromatic carbocycles. The molecule has 0 aliphatic carbocycles. The summed E-state index contributed by atoms with van der Waals surface area (Å²) in [5.41, 5.74) is 4.58. The number of pyridine rings is 4. The Balaban J connectivity index is 1.14. The molecule has 0 saturated heterocycles. The van der Waals surface area contributed by atoms with Gasteiger partial charge in [-0.1, -0.05) is 48.5 Å². The zero-order chi connectivity index (χ0) is 48.5. The van der Waals surface area contributed by atoms with Crippen LogP contribution in [0.3, 0.4) is 0 Å². The topological polar surface area (TPSA) is 161 Å². The van der Waals surface area contributed by atoms with Crippen LogP contribution in [0.1, 0.15) is 0 Å². The van der Waals surface area contributed by atoms with Crippen LogP contribution in [0.15, 0.2) is 171 Å². The lowest BCUT2D eigenvalue weighted by atomic mass is 10.1. The molecule has 2 aliphatic rings. The molecule has 11 aromatic rings. The number of ether oxygens (including phenoxy) is 4. The van der Waals surface area contributed by atoms with Crippen LogP contribution in [0.4, 0.5) is 0 Å². The van der Waals surface area contributed by atoms with Gasteiger partial charge in [-0.25, -0.2) is 48.2 Å². The van der Waals surface area contributed by atoms with Gasteiger partial charge < -0.3 is 28.9 Å². The number of aryl methyl sites for hydroxylation is 4. The monoisotopic (exact) mass is 946 g/mol. The van der Waals surface area contributed by atoms with Crippen molar-refractivity contribution in [1.29, 1.82) is 0 Å². The van der Waals surface area contributed by atoms with Crippen molar-refractivity contribution in [2.75, 3.05) is 0 Å². The molecule has 13 rings (SSSR count). The van der Waals surface area contributed by atoms with Crippen LogP contribution >= 0.6 is 0 Å². The van der Waals surface area contributed by atoms with Crippen LogP contribution in [0.25, 0.3) is 89.7 Å². The molecule has 16 heteroatoms. The predicted octanol–water partition coefficient (Wildman–Crippen LogP) is 9.34. The molecule has 72 heavy (non-hydrogen) atoms. The van der Waals surface area contributed by atoms with Crippen molar-refractivity contribution in [2.45, 2.75) is 0 Å². The van der Waals surface area contributed by atoms with Gasteiger partial charge in [0, 0.05) is 46.2 Å². The van der Waals surface area contributed by atoms with Crippen molar-refractivity contribution in [3.8, 4) is 91.5 Å². The highest BCUT2D eigenvalue weighted by Gasteiger charge is 2.28. The van der Waals surface area contributed by atoms with E-state index in [1.54, 1.807) is 0 Å². The Morgan fingerprint density at radius 2 is 0.667 bits per heavy atom. The Morgan fingerprint density at radius 3 is 1.04 bits per heavy atom. The van der Waals surface area contributed by atoms with E-state index in [4.69, 9.17) is 48.9 Å². The first kappa shape index (κ1) is 42.2. The molecule has 0 radical (unpaired) electrons. The first-order valence-corrected chi connectivity index (χ1v) is 23.1. The number of rotatable bonds is 8. The van der Waals surface area contributed by atoms with Gasteiger partial charge in [-0.2, -0.15) is 0 Å². The second kappa shape index (κ2) is 16.9. The van der Waals surface area contributed by atoms with Gasteiger partial charge in [-0.15, -0.1) is 0 Å². The molecule has 0 fully saturated rings. The Labute approximate surface area is 410 Å². The number of nitrogens with zero attached hydrogens (tertiary/aromatic N) is 10. The number of H-pyrrole nitrogens is 2. The lowest BCUT2D eigenvalue weighted by Gasteiger charge is -2.09. The largest absolute Gasteiger partial charge is 0.450 e. The quantitative estimate of drug-likeness (QED) is 0.141. The second-order valence-electron chi connectivity index (χ2n) is 17.6. The van der Waals surface area contributed by atoms with Gasteiger partial charge in [0.2, 0.25) is 24.8 Å². The summed E-state index contributed by atoms with van der Waals surface area (Å²) < 4.78 is 34.4. The number of hydrogen-bond donors (Lipinski definition) is 2. The molecule has 0 spiro atoms. The van der Waals surface area contributed by atoms with E-state index < -0.39 is 0 Å². The van der Waals surface area contributed by atoms with Gasteiger partial charge in [-0.05, 0) is 48.5 Å². The normalized spacial score (nSPS) is 11.6. The van der Waals surface area contributed by atoms with Crippen LogP contribution in [0.5, 0.6) is 46.0 Å². The highest BCUT2D eigenvalue weighted by molar-refractivity contribution is 6.10. The van der Waals surface area contributed by atoms with Gasteiger partial charge in [0.05, 0.1) is 21.9 Å². The van der Waals surface area contributed by atoms with E-state index in [2.05, 4.69) is 9.97 Å². The Hall–Kier alpha value is -9.96. The molecule has 9 heterocycles. The van der Waals surface area contributed by atoms with Crippen LogP contribution in [0.2, 0.25) is 0 Å². The molecular formula is C56H42N12O4+4. The molecule has 0 saturated carbocycles. The average molecular weight is 947 g/mol. The molecule has 346 valence electrons. The van der Waals surface area contributed by atoms with Crippen molar-refractivity contribution < 1.29 is 37.2 Å². The number of fused-ring (bicyclic) bond motifs is 20. The molecule has 0 unspecified atom stereocenters. The van der Waals surface area contributed by atoms with Crippen LogP contribution in [0, 0.1) is 0 Å². The summed E-state index contributed by atoms with van der Waals surface area (Å²) in [5, 5.41) is 2.82. The van der Waals surface area contributed by atoms with Crippen molar-refractivity contribution in [2.24, 2.45) is 28.2 Å². The predicted molar refractivity (Wildman–Crippen MR) is 267 cm³/mol. The summed E-state index contributed by atoms with van der Waals surface area (Å²) in [6, 6.07) is 38.7. The van der Waals surface area contributed by atoms with E-state index in [-0.39, 0.29) is 0 Å². The highest BCUT2D eigenvalue weighted by atomic mass is 16.5. The maximum Gasteiger partial charge on any atom is 0.211 e. The first-order valence-electron chi connectivity index (χ1n) is 23.1. The maximum atomic E-state index is 6.67. The van der Waals surface area contributed by atoms with E-state index in [0.29, 0.717) is 125 Å². The average Bonchev–Trinajstić information content (AvgIpc) is 4.11. The van der Waals surface area contributed by atoms with Crippen molar-refractivity contribution >= 4 is 44.1 Å². The minimum absolute atomic E-state index is 0.368. The summed E-state index contributed by atoms with van der Waals surface area (Å²) in [4.78, 5) is 39.0. The van der Waals surface area contributed by atoms with E-state index >= 15 is 0 Å². The van der Waals surface area contributed by atoms with Crippen molar-refractivity contribution in [3.63, 3.8) is 0 Å². The molecule has 16 nitrogen and oxygen atoms in total. The first-order chi connectivity index (χ1) is 35.2. The van der Waals surface area contributed by atoms with Gasteiger partial charge in [0.25, 0.3) is 0 Å². The van der Waals surface area contributed by atoms with Crippen LogP contribution in [-0.4, -0.2) is 39.9 Å². The molecule has 0 amide bonds. The standard InChI is InChI=1S/C56H42N12O4/c1-65-25-9-13-33(29-65)69-41-21-5-17-37-45(41)53-57-49(37)62-54-47-39(19-7-23-43(47)71-35-15-11-27-67(3)31-35)51(59-54)64-56-48-40(20-8-24-44(48)72-36-16-12-28-68(4)32-36)52(60-56)63-55-46-38(50(58-55)61-53)18-6-22-42(46)70-34-14-10-26-66(2)30-34/h5-32H,1-4H3,(H2,57,58,59,60,61,62,63,64)/q+4. The summed E-state index contributed by atoms with van der Waals surface area (Å²) in [5.74, 6) is 6.26. The van der Waals surface area contributed by atoms with Gasteiger partial charge >= 0.3 is 0 Å². The zero-order valence-corrected chi connectivity index (χ0v) is 39.3. The molecule has 8 bridgehead atoms. The van der Waals surface area contributed by atoms with Crippen molar-refractivity contribution in [3.05, 3.63) is 171 Å². The molecule has 2 N–H and O–H groups in total. The lowest BCUT2D eigenvalue weighted by molar-refractivity contribution is -0.671. The van der Waals surface area contributed by atoms with Crippen LogP contribution < -0.4 is 37.2 Å². The third-order valence-electron chi connectivity index (χ3n) is 12.3. The van der Waals surface area contributed by atoms with Crippen LogP contribution in [-0.2, 0) is 28.2 Å². The molecule has 7 aromatic heterocycles. The summed E-state index contributed by atoms with van der Waals surface area (Å²) >= 11 is 0. The molecular weight excluding hydrogens is 905 g/mol. The van der Waals surface area contributed by atoms with E-state index in [9.17, 15) is 0 Å². The van der Waals surface area contributed by atoms with Gasteiger partial charge in [0.1, 0.15) is 73.8 Å². The fourth-order valence-corrected chi connectivity index (χ4v) is 9.19. The van der Waals surface area contributed by atoms with E-state index in [0.717, 1.165) is 10.8 Å². The number of nitrogens with one attached hydrogen (secondary N) is 2. The summed E-state index contributed by atoms with van der Waals surface area (Å²) in [7, 11) is 7.80. The SMILES string of the molecule is C[n+]1cccc(Oc2cccc3c2-c2nc-3nc3[nH]c(nc4nc(nc5[nH]c(n2)c2cccc(Oc6ccc[n+](C)c6)c52)-c2cccc(Oc5ccc[n+](C)c5)c2-4)c2cccc(Oc4ccc[n+](C)c4)c32)c1. The fraction of sp³-hybridized carbons (Fsp3) is 0.0714. The fourth-order valence-electron chi connectivity index (χ4n) is 9.19. The zero-order valence-electron chi connectivity index (χ0n) is 39.3. The number of aromatic nitrogens is 12. The Kier molecular flexibility index (Phi) is 9.91. The Morgan fingerprint density at radius 1 is 0.333 bits per heavy atom. The molecule has 2 aliphatic heterocycles. The number of aromatic amines is 2. The minimum atomic E-state index is 0.368. The lowest BCUT2D eigenvalue weighted by Crippen LogP contribution is -2.25. The third kappa shape index (κ3) is 7.59. The number of benzene rings is 4. The highest BCUT2D eigenvalue weighted by Crippen LogP contribution is 2.46. The van der Waals surface area contributed by atoms with E-state index in [1.807, 2.05) is 217 Å². The van der Waals surface area contributed by atoms with Gasteiger partial charge in [0.15, 0.2) is 71.1 Å².